The summed E-state index contributed by atoms with van der Waals surface area (Å²) in [5, 5.41) is 5.49. The van der Waals surface area contributed by atoms with Gasteiger partial charge in [0.2, 0.25) is 0 Å². The third-order valence-corrected chi connectivity index (χ3v) is 5.78. The number of hydrogen-bond acceptors (Lipinski definition) is 5. The minimum Gasteiger partial charge on any atom is -0.465 e. The van der Waals surface area contributed by atoms with Gasteiger partial charge in [-0.05, 0) is 43.3 Å². The predicted octanol–water partition coefficient (Wildman–Crippen LogP) is 4.43. The van der Waals surface area contributed by atoms with Crippen LogP contribution in [0.15, 0.2) is 47.8 Å². The van der Waals surface area contributed by atoms with Gasteiger partial charge in [-0.2, -0.15) is 0 Å². The Balaban J connectivity index is 1.88. The standard InChI is InChI=1S/C22H24N2O3S/c1-13-18(22(26)27-4)14(2)23-19(13)21(25)15(3)24-20(17-11-8-12-28-17)16-9-6-5-7-10-16/h5-12,15,20,23-24H,1-4H3/t15-,20-/m0/s1. The zero-order valence-electron chi connectivity index (χ0n) is 16.4. The summed E-state index contributed by atoms with van der Waals surface area (Å²) in [6.45, 7) is 5.38. The number of rotatable bonds is 7. The molecule has 0 unspecified atom stereocenters. The highest BCUT2D eigenvalue weighted by Crippen LogP contribution is 2.27. The molecular formula is C22H24N2O3S. The second-order valence-electron chi connectivity index (χ2n) is 6.73. The van der Waals surface area contributed by atoms with E-state index in [-0.39, 0.29) is 11.8 Å². The van der Waals surface area contributed by atoms with Gasteiger partial charge in [0, 0.05) is 10.6 Å². The molecule has 0 radical (unpaired) electrons. The summed E-state index contributed by atoms with van der Waals surface area (Å²) in [5.41, 5.74) is 3.22. The summed E-state index contributed by atoms with van der Waals surface area (Å²) in [6.07, 6.45) is 0. The number of esters is 1. The number of H-pyrrole nitrogens is 1. The molecule has 0 amide bonds. The van der Waals surface area contributed by atoms with Gasteiger partial charge in [0.25, 0.3) is 0 Å². The van der Waals surface area contributed by atoms with Crippen LogP contribution < -0.4 is 5.32 Å². The van der Waals surface area contributed by atoms with E-state index in [1.54, 1.807) is 25.2 Å². The largest absolute Gasteiger partial charge is 0.465 e. The Kier molecular flexibility index (Phi) is 6.11. The van der Waals surface area contributed by atoms with Crippen molar-refractivity contribution in [3.05, 3.63) is 80.8 Å². The highest BCUT2D eigenvalue weighted by molar-refractivity contribution is 7.10. The van der Waals surface area contributed by atoms with Crippen LogP contribution in [0.5, 0.6) is 0 Å². The van der Waals surface area contributed by atoms with Gasteiger partial charge < -0.3 is 9.72 Å². The fraction of sp³-hybridized carbons (Fsp3) is 0.273. The Hall–Kier alpha value is -2.70. The third kappa shape index (κ3) is 3.93. The van der Waals surface area contributed by atoms with Gasteiger partial charge in [-0.25, -0.2) is 4.79 Å². The molecule has 5 nitrogen and oxygen atoms in total. The van der Waals surface area contributed by atoms with Crippen LogP contribution >= 0.6 is 11.3 Å². The van der Waals surface area contributed by atoms with Crippen LogP contribution in [-0.2, 0) is 4.74 Å². The molecule has 0 saturated carbocycles. The predicted molar refractivity (Wildman–Crippen MR) is 111 cm³/mol. The highest BCUT2D eigenvalue weighted by atomic mass is 32.1. The van der Waals surface area contributed by atoms with Crippen LogP contribution in [0.3, 0.4) is 0 Å². The summed E-state index contributed by atoms with van der Waals surface area (Å²) >= 11 is 1.65. The number of nitrogens with one attached hydrogen (secondary N) is 2. The Bertz CT molecular complexity index is 961. The normalized spacial score (nSPS) is 13.1. The van der Waals surface area contributed by atoms with Crippen LogP contribution in [0, 0.1) is 13.8 Å². The average Bonchev–Trinajstić information content (AvgIpc) is 3.33. The van der Waals surface area contributed by atoms with Crippen molar-refractivity contribution in [2.45, 2.75) is 32.9 Å². The molecule has 0 aliphatic heterocycles. The number of aromatic nitrogens is 1. The number of carbonyl (C=O) groups is 2. The first-order valence-corrected chi connectivity index (χ1v) is 9.98. The fourth-order valence-electron chi connectivity index (χ4n) is 3.39. The first-order chi connectivity index (χ1) is 13.4. The minimum atomic E-state index is -0.449. The van der Waals surface area contributed by atoms with Crippen molar-refractivity contribution >= 4 is 23.1 Å². The molecule has 0 bridgehead atoms. The molecule has 3 rings (SSSR count). The van der Waals surface area contributed by atoms with E-state index in [9.17, 15) is 9.59 Å². The maximum absolute atomic E-state index is 13.1. The van der Waals surface area contributed by atoms with Crippen molar-refractivity contribution in [3.63, 3.8) is 0 Å². The summed E-state index contributed by atoms with van der Waals surface area (Å²) < 4.78 is 4.84. The summed E-state index contributed by atoms with van der Waals surface area (Å²) in [6, 6.07) is 13.6. The number of Topliss-reactive ketones (excluding diaryl/α,β-unsaturated/α-hetero) is 1. The van der Waals surface area contributed by atoms with Crippen molar-refractivity contribution in [1.29, 1.82) is 0 Å². The zero-order valence-corrected chi connectivity index (χ0v) is 17.2. The molecule has 0 spiro atoms. The Morgan fingerprint density at radius 2 is 1.82 bits per heavy atom. The summed E-state index contributed by atoms with van der Waals surface area (Å²) in [7, 11) is 1.34. The van der Waals surface area contributed by atoms with Crippen molar-refractivity contribution in [3.8, 4) is 0 Å². The second-order valence-corrected chi connectivity index (χ2v) is 7.71. The molecule has 0 saturated heterocycles. The number of ketones is 1. The van der Waals surface area contributed by atoms with Crippen molar-refractivity contribution in [1.82, 2.24) is 10.3 Å². The van der Waals surface area contributed by atoms with Gasteiger partial charge in [0.1, 0.15) is 0 Å². The van der Waals surface area contributed by atoms with Gasteiger partial charge in [-0.3, -0.25) is 10.1 Å². The third-order valence-electron chi connectivity index (χ3n) is 4.84. The van der Waals surface area contributed by atoms with Crippen LogP contribution in [0.25, 0.3) is 0 Å². The summed E-state index contributed by atoms with van der Waals surface area (Å²) in [4.78, 5) is 29.4. The quantitative estimate of drug-likeness (QED) is 0.458. The molecule has 0 aliphatic rings. The van der Waals surface area contributed by atoms with E-state index in [1.165, 1.54) is 7.11 Å². The average molecular weight is 397 g/mol. The summed E-state index contributed by atoms with van der Waals surface area (Å²) in [5.74, 6) is -0.528. The molecule has 0 aliphatic carbocycles. The molecule has 3 aromatic rings. The number of ether oxygens (including phenoxy) is 1. The lowest BCUT2D eigenvalue weighted by Crippen LogP contribution is -2.37. The number of carbonyl (C=O) groups excluding carboxylic acids is 2. The van der Waals surface area contributed by atoms with E-state index in [0.29, 0.717) is 22.5 Å². The molecule has 1 aromatic carbocycles. The molecule has 0 fully saturated rings. The van der Waals surface area contributed by atoms with Gasteiger partial charge in [0.15, 0.2) is 5.78 Å². The lowest BCUT2D eigenvalue weighted by Gasteiger charge is -2.22. The zero-order chi connectivity index (χ0) is 20.3. The smallest absolute Gasteiger partial charge is 0.339 e. The highest BCUT2D eigenvalue weighted by Gasteiger charge is 2.27. The maximum Gasteiger partial charge on any atom is 0.339 e. The second kappa shape index (κ2) is 8.54. The van der Waals surface area contributed by atoms with Gasteiger partial charge in [-0.1, -0.05) is 36.4 Å². The molecular weight excluding hydrogens is 372 g/mol. The van der Waals surface area contributed by atoms with Crippen molar-refractivity contribution in [2.24, 2.45) is 0 Å². The number of methoxy groups -OCH3 is 1. The first kappa shape index (κ1) is 20.0. The maximum atomic E-state index is 13.1. The molecule has 146 valence electrons. The molecule has 2 heterocycles. The minimum absolute atomic E-state index is 0.0865. The Morgan fingerprint density at radius 3 is 2.43 bits per heavy atom. The van der Waals surface area contributed by atoms with E-state index >= 15 is 0 Å². The first-order valence-electron chi connectivity index (χ1n) is 9.10. The van der Waals surface area contributed by atoms with E-state index in [2.05, 4.69) is 16.4 Å². The monoisotopic (exact) mass is 396 g/mol. The molecule has 2 atom stereocenters. The lowest BCUT2D eigenvalue weighted by atomic mass is 10.0. The lowest BCUT2D eigenvalue weighted by molar-refractivity contribution is 0.0599. The number of thiophene rings is 1. The Labute approximate surface area is 168 Å². The molecule has 6 heteroatoms. The molecule has 2 N–H and O–H groups in total. The topological polar surface area (TPSA) is 71.2 Å². The van der Waals surface area contributed by atoms with Crippen molar-refractivity contribution in [2.75, 3.05) is 7.11 Å². The van der Waals surface area contributed by atoms with Crippen LogP contribution in [0.1, 0.15) is 55.5 Å². The number of hydrogen-bond donors (Lipinski definition) is 2. The Morgan fingerprint density at radius 1 is 1.11 bits per heavy atom. The molecule has 28 heavy (non-hydrogen) atoms. The van der Waals surface area contributed by atoms with Gasteiger partial charge in [0.05, 0.1) is 30.5 Å². The van der Waals surface area contributed by atoms with E-state index in [0.717, 1.165) is 10.4 Å². The molecule has 2 aromatic heterocycles. The number of benzene rings is 1. The van der Waals surface area contributed by atoms with Gasteiger partial charge >= 0.3 is 5.97 Å². The number of aromatic amines is 1. The fourth-order valence-corrected chi connectivity index (χ4v) is 4.20. The van der Waals surface area contributed by atoms with Crippen LogP contribution in [0.4, 0.5) is 0 Å². The number of aryl methyl sites for hydroxylation is 1. The van der Waals surface area contributed by atoms with E-state index in [1.807, 2.05) is 48.7 Å². The van der Waals surface area contributed by atoms with Crippen LogP contribution in [0.2, 0.25) is 0 Å². The van der Waals surface area contributed by atoms with Gasteiger partial charge in [-0.15, -0.1) is 11.3 Å². The van der Waals surface area contributed by atoms with Crippen LogP contribution in [-0.4, -0.2) is 29.9 Å². The SMILES string of the molecule is COC(=O)c1c(C)[nH]c(C(=O)[C@H](C)N[C@@H](c2ccccc2)c2cccs2)c1C. The van der Waals surface area contributed by atoms with E-state index in [4.69, 9.17) is 4.74 Å². The van der Waals surface area contributed by atoms with Crippen molar-refractivity contribution < 1.29 is 14.3 Å². The van der Waals surface area contributed by atoms with E-state index < -0.39 is 12.0 Å².